The van der Waals surface area contributed by atoms with Crippen molar-refractivity contribution in [3.05, 3.63) is 187 Å². The Bertz CT molecular complexity index is 3010. The van der Waals surface area contributed by atoms with Gasteiger partial charge >= 0.3 is 6.29 Å². The quantitative estimate of drug-likeness (QED) is 0.0215. The number of benzene rings is 3. The van der Waals surface area contributed by atoms with Gasteiger partial charge in [-0.05, 0) is 125 Å². The second-order valence-electron chi connectivity index (χ2n) is 21.0. The average molecular weight is 1120 g/mol. The maximum Gasteiger partial charge on any atom is 0.586 e. The van der Waals surface area contributed by atoms with Crippen LogP contribution in [0.4, 0.5) is 20.3 Å². The van der Waals surface area contributed by atoms with Gasteiger partial charge in [0.1, 0.15) is 23.5 Å². The van der Waals surface area contributed by atoms with E-state index in [0.717, 1.165) is 140 Å². The number of alkyl halides is 2. The molecule has 2 fully saturated rings. The van der Waals surface area contributed by atoms with Crippen LogP contribution in [-0.4, -0.2) is 107 Å². The number of aryl methyl sites for hydroxylation is 4. The van der Waals surface area contributed by atoms with Crippen molar-refractivity contribution in [2.75, 3.05) is 58.2 Å². The topological polar surface area (TPSA) is 153 Å². The Hall–Kier alpha value is -7.66. The smallest absolute Gasteiger partial charge is 0.395 e. The zero-order valence-electron chi connectivity index (χ0n) is 49.1. The summed E-state index contributed by atoms with van der Waals surface area (Å²) in [6, 6.07) is 27.2. The second-order valence-corrected chi connectivity index (χ2v) is 21.0. The molecular formula is C66H86F2N10O4. The van der Waals surface area contributed by atoms with Gasteiger partial charge in [0.2, 0.25) is 0 Å². The number of rotatable bonds is 25. The molecule has 5 heterocycles. The van der Waals surface area contributed by atoms with E-state index in [-0.39, 0.29) is 17.0 Å². The van der Waals surface area contributed by atoms with Crippen LogP contribution in [0.15, 0.2) is 158 Å². The van der Waals surface area contributed by atoms with E-state index in [9.17, 15) is 18.7 Å². The molecule has 0 radical (unpaired) electrons. The minimum atomic E-state index is -3.60. The first-order valence-electron chi connectivity index (χ1n) is 28.7. The number of fused-ring (bicyclic) bond motifs is 2. The number of pyridine rings is 1. The summed E-state index contributed by atoms with van der Waals surface area (Å²) in [6.45, 7) is 29.6. The molecule has 4 aliphatic rings. The highest BCUT2D eigenvalue weighted by Gasteiger charge is 2.48. The lowest BCUT2D eigenvalue weighted by Crippen LogP contribution is -2.49. The number of likely N-dealkylation sites (tertiary alicyclic amines) is 1. The number of ether oxygens (including phenoxy) is 2. The van der Waals surface area contributed by atoms with Crippen molar-refractivity contribution in [2.45, 2.75) is 109 Å². The van der Waals surface area contributed by atoms with Crippen LogP contribution >= 0.6 is 0 Å². The standard InChI is InChI=1S/C32H50N8O.C23H20F2N2O2.C9H10O.C2H6/c1-7-13-28(23-34-22-26(3)35-19-11-9-10-18-33-8-2)14-12-15-29-31-30(37-39(29)6)27(4)40(25-36-31)24-32(41)16-20-38(5)21-17-32;1-14-4-3-5-16(12-14)21-15(2)6-9-20(26-21)27-22(10-11-22)17-7-8-18-19(13-17)29-23(24,25)28-18;10-8-4-7-9-5-2-1-3-6-9;1-2/h7-8,12-14,25,33-35,41H,1-4,9-11,15-24H2,5-6H3;3-9,12-13H,10-11H2,1-2H3,(H,26,27);1-3,5-6,8H,4,7H2;1-2H3/b14-12-,28-13+;;;. The van der Waals surface area contributed by atoms with Crippen molar-refractivity contribution in [3.63, 3.8) is 0 Å². The van der Waals surface area contributed by atoms with E-state index in [0.29, 0.717) is 32.5 Å². The molecule has 1 saturated carbocycles. The van der Waals surface area contributed by atoms with Gasteiger partial charge in [0.25, 0.3) is 0 Å². The Balaban J connectivity index is 0.000000227. The van der Waals surface area contributed by atoms with Crippen LogP contribution < -0.4 is 30.7 Å². The number of anilines is 1. The predicted octanol–water partition coefficient (Wildman–Crippen LogP) is 12.3. The number of halogens is 2. The number of hydrogen-bond donors (Lipinski definition) is 5. The molecule has 5 aromatic rings. The number of nitrogens with one attached hydrogen (secondary N) is 4. The van der Waals surface area contributed by atoms with Crippen molar-refractivity contribution in [3.8, 4) is 22.8 Å². The lowest BCUT2D eigenvalue weighted by atomic mass is 9.91. The number of aliphatic hydroxyl groups is 1. The summed E-state index contributed by atoms with van der Waals surface area (Å²) in [7, 11) is 4.03. The highest BCUT2D eigenvalue weighted by Crippen LogP contribution is 2.51. The molecule has 3 aromatic carbocycles. The Labute approximate surface area is 485 Å². The number of hydrogen-bond acceptors (Lipinski definition) is 13. The van der Waals surface area contributed by atoms with Gasteiger partial charge in [0, 0.05) is 70.4 Å². The SMILES string of the molecule is C=C/C=C(\C=C/Cc1c2c(nn1C)C(=C)N(CC1(O)CCN(C)CC1)C=N2)CNCC(=C)NCCCCCNC=C.CC.Cc1cccc(-c2nc(NC3(c4ccc5c(c4)OC(F)(F)O5)CC3)ccc2C)c1.O=CCCc1ccccc1. The van der Waals surface area contributed by atoms with Crippen molar-refractivity contribution in [1.29, 1.82) is 0 Å². The number of carbonyl (C=O) groups is 1. The largest absolute Gasteiger partial charge is 0.586 e. The Morgan fingerprint density at radius 3 is 2.32 bits per heavy atom. The molecule has 0 spiro atoms. The first-order chi connectivity index (χ1) is 39.5. The number of piperidine rings is 1. The van der Waals surface area contributed by atoms with Crippen LogP contribution in [0.5, 0.6) is 11.5 Å². The summed E-state index contributed by atoms with van der Waals surface area (Å²) in [5.74, 6) is 0.884. The number of unbranched alkanes of at least 4 members (excludes halogenated alkanes) is 2. The van der Waals surface area contributed by atoms with Gasteiger partial charge in [0.05, 0.1) is 41.1 Å². The van der Waals surface area contributed by atoms with Crippen LogP contribution in [-0.2, 0) is 30.2 Å². The Kier molecular flexibility index (Phi) is 24.0. The van der Waals surface area contributed by atoms with Crippen molar-refractivity contribution >= 4 is 29.8 Å². The molecule has 2 aromatic heterocycles. The van der Waals surface area contributed by atoms with Gasteiger partial charge in [-0.25, -0.2) is 9.98 Å². The zero-order valence-corrected chi connectivity index (χ0v) is 49.1. The maximum absolute atomic E-state index is 13.3. The molecule has 1 aliphatic carbocycles. The minimum Gasteiger partial charge on any atom is -0.395 e. The molecule has 5 N–H and O–H groups in total. The van der Waals surface area contributed by atoms with E-state index in [1.54, 1.807) is 24.7 Å². The fourth-order valence-corrected chi connectivity index (χ4v) is 9.70. The van der Waals surface area contributed by atoms with E-state index >= 15 is 0 Å². The molecular weight excluding hydrogens is 1030 g/mol. The molecule has 0 unspecified atom stereocenters. The molecule has 82 heavy (non-hydrogen) atoms. The Morgan fingerprint density at radius 2 is 1.61 bits per heavy atom. The number of allylic oxidation sites excluding steroid dienone is 3. The van der Waals surface area contributed by atoms with Crippen LogP contribution in [0, 0.1) is 13.8 Å². The maximum atomic E-state index is 13.3. The number of aliphatic imine (C=N–C) groups is 1. The van der Waals surface area contributed by atoms with Gasteiger partial charge in [-0.3, -0.25) is 4.68 Å². The number of nitrogens with zero attached hydrogens (tertiary/aromatic N) is 6. The summed E-state index contributed by atoms with van der Waals surface area (Å²) < 4.78 is 37.7. The fraction of sp³-hybridized carbons (Fsp3) is 0.394. The van der Waals surface area contributed by atoms with Crippen LogP contribution in [0.3, 0.4) is 0 Å². The molecule has 1 saturated heterocycles. The highest BCUT2D eigenvalue weighted by molar-refractivity contribution is 5.86. The molecule has 0 bridgehead atoms. The summed E-state index contributed by atoms with van der Waals surface area (Å²) >= 11 is 0. The molecule has 16 heteroatoms. The van der Waals surface area contributed by atoms with E-state index in [2.05, 4.69) is 106 Å². The van der Waals surface area contributed by atoms with Crippen molar-refractivity contribution in [2.24, 2.45) is 12.0 Å². The molecule has 14 nitrogen and oxygen atoms in total. The predicted molar refractivity (Wildman–Crippen MR) is 330 cm³/mol. The first kappa shape index (κ1) is 63.5. The Morgan fingerprint density at radius 1 is 0.866 bits per heavy atom. The minimum absolute atomic E-state index is 0.0599. The third kappa shape index (κ3) is 18.7. The molecule has 0 amide bonds. The third-order valence-corrected chi connectivity index (χ3v) is 14.5. The summed E-state index contributed by atoms with van der Waals surface area (Å²) in [6.07, 6.45) is 17.8. The lowest BCUT2D eigenvalue weighted by Gasteiger charge is -2.40. The van der Waals surface area contributed by atoms with Crippen LogP contribution in [0.25, 0.3) is 17.0 Å². The first-order valence-corrected chi connectivity index (χ1v) is 28.7. The van der Waals surface area contributed by atoms with Gasteiger partial charge < -0.3 is 50.4 Å². The molecule has 3 aliphatic heterocycles. The van der Waals surface area contributed by atoms with Crippen LogP contribution in [0.2, 0.25) is 0 Å². The van der Waals surface area contributed by atoms with E-state index in [1.165, 1.54) is 23.6 Å². The second kappa shape index (κ2) is 31.0. The number of aromatic nitrogens is 3. The fourth-order valence-electron chi connectivity index (χ4n) is 9.70. The molecule has 438 valence electrons. The number of β-amino-alcohol motifs (C(OH)–C–C–N with tert-alkyl or cyclic N) is 1. The average Bonchev–Trinajstić information content (AvgIpc) is 3.49. The molecule has 9 rings (SSSR count). The monoisotopic (exact) mass is 1120 g/mol. The normalized spacial score (nSPS) is 16.0. The third-order valence-electron chi connectivity index (χ3n) is 14.5. The van der Waals surface area contributed by atoms with Gasteiger partial charge in [-0.2, -0.15) is 5.10 Å². The zero-order chi connectivity index (χ0) is 59.1. The number of aldehydes is 1. The van der Waals surface area contributed by atoms with E-state index < -0.39 is 11.9 Å². The van der Waals surface area contributed by atoms with Gasteiger partial charge in [-0.1, -0.05) is 131 Å². The van der Waals surface area contributed by atoms with Gasteiger partial charge in [-0.15, -0.1) is 8.78 Å². The van der Waals surface area contributed by atoms with Crippen molar-refractivity contribution < 1.29 is 28.2 Å². The lowest BCUT2D eigenvalue weighted by molar-refractivity contribution is -0.286. The summed E-state index contributed by atoms with van der Waals surface area (Å²) in [5, 5.41) is 29.4. The van der Waals surface area contributed by atoms with Gasteiger partial charge in [0.15, 0.2) is 11.5 Å². The van der Waals surface area contributed by atoms with E-state index in [1.807, 2.05) is 98.1 Å². The summed E-state index contributed by atoms with van der Waals surface area (Å²) in [5.41, 5.74) is 10.9. The van der Waals surface area contributed by atoms with Crippen molar-refractivity contribution in [1.82, 2.24) is 40.5 Å². The van der Waals surface area contributed by atoms with Crippen LogP contribution in [0.1, 0.15) is 98.9 Å². The van der Waals surface area contributed by atoms with E-state index in [4.69, 9.17) is 15.1 Å². The summed E-state index contributed by atoms with van der Waals surface area (Å²) in [4.78, 5) is 23.8. The molecule has 0 atom stereocenters. The number of carbonyl (C=O) groups excluding carboxylic acids is 1. The highest BCUT2D eigenvalue weighted by atomic mass is 19.3.